The first-order valence-electron chi connectivity index (χ1n) is 12.7. The Morgan fingerprint density at radius 3 is 2.06 bits per heavy atom. The van der Waals surface area contributed by atoms with Gasteiger partial charge in [-0.05, 0) is 47.3 Å². The molecule has 0 radical (unpaired) electrons. The number of amides is 1. The summed E-state index contributed by atoms with van der Waals surface area (Å²) in [5.74, 6) is 0.295. The molecule has 2 aliphatic heterocycles. The highest BCUT2D eigenvalue weighted by molar-refractivity contribution is 7.89. The molecular weight excluding hydrogens is 452 g/mol. The Labute approximate surface area is 205 Å². The Balaban J connectivity index is 1.75. The van der Waals surface area contributed by atoms with Crippen LogP contribution in [0.15, 0.2) is 17.0 Å². The standard InChI is InChI=1S/C26H42N2O5S/c1-17(2)21-13-23(18(3)4)25(24(14-21)19(5)6)34(30,31)28-9-7-20(8-10-28)26(29)27-15-22-16-32-11-12-33-22/h13-14,17-20,22H,7-12,15-16H2,1-6H3,(H,27,29). The van der Waals surface area contributed by atoms with E-state index < -0.39 is 10.0 Å². The Bertz CT molecular complexity index is 915. The van der Waals surface area contributed by atoms with Gasteiger partial charge in [-0.25, -0.2) is 8.42 Å². The third-order valence-corrected chi connectivity index (χ3v) is 8.92. The molecule has 2 aliphatic rings. The number of benzene rings is 1. The number of hydrogen-bond acceptors (Lipinski definition) is 5. The average Bonchev–Trinajstić information content (AvgIpc) is 2.82. The summed E-state index contributed by atoms with van der Waals surface area (Å²) in [5.41, 5.74) is 2.96. The lowest BCUT2D eigenvalue weighted by atomic mass is 9.89. The molecule has 1 N–H and O–H groups in total. The van der Waals surface area contributed by atoms with Gasteiger partial charge in [0.1, 0.15) is 0 Å². The monoisotopic (exact) mass is 494 g/mol. The number of hydrogen-bond donors (Lipinski definition) is 1. The molecule has 2 fully saturated rings. The number of sulfonamides is 1. The van der Waals surface area contributed by atoms with Gasteiger partial charge in [0.15, 0.2) is 0 Å². The van der Waals surface area contributed by atoms with Gasteiger partial charge in [-0.15, -0.1) is 0 Å². The molecule has 1 atom stereocenters. The van der Waals surface area contributed by atoms with Crippen molar-refractivity contribution in [2.24, 2.45) is 5.92 Å². The van der Waals surface area contributed by atoms with Crippen LogP contribution in [-0.2, 0) is 24.3 Å². The molecule has 0 aromatic heterocycles. The van der Waals surface area contributed by atoms with E-state index in [0.29, 0.717) is 63.1 Å². The van der Waals surface area contributed by atoms with E-state index in [9.17, 15) is 13.2 Å². The minimum Gasteiger partial charge on any atom is -0.376 e. The smallest absolute Gasteiger partial charge is 0.243 e. The summed E-state index contributed by atoms with van der Waals surface area (Å²) in [6, 6.07) is 4.15. The highest BCUT2D eigenvalue weighted by atomic mass is 32.2. The second kappa shape index (κ2) is 11.5. The molecule has 1 aromatic rings. The van der Waals surface area contributed by atoms with Crippen molar-refractivity contribution >= 4 is 15.9 Å². The van der Waals surface area contributed by atoms with E-state index in [-0.39, 0.29) is 29.8 Å². The fraction of sp³-hybridized carbons (Fsp3) is 0.731. The van der Waals surface area contributed by atoms with Crippen LogP contribution in [0.3, 0.4) is 0 Å². The van der Waals surface area contributed by atoms with Crippen molar-refractivity contribution in [3.63, 3.8) is 0 Å². The maximum absolute atomic E-state index is 13.9. The summed E-state index contributed by atoms with van der Waals surface area (Å²) in [4.78, 5) is 13.2. The Hall–Kier alpha value is -1.48. The van der Waals surface area contributed by atoms with Crippen LogP contribution in [0.4, 0.5) is 0 Å². The molecule has 192 valence electrons. The van der Waals surface area contributed by atoms with Gasteiger partial charge in [0.2, 0.25) is 15.9 Å². The van der Waals surface area contributed by atoms with Crippen LogP contribution in [0, 0.1) is 5.92 Å². The van der Waals surface area contributed by atoms with Gasteiger partial charge in [0, 0.05) is 25.6 Å². The molecule has 1 aromatic carbocycles. The fourth-order valence-corrected chi connectivity index (χ4v) is 6.82. The lowest BCUT2D eigenvalue weighted by molar-refractivity contribution is -0.128. The van der Waals surface area contributed by atoms with Gasteiger partial charge >= 0.3 is 0 Å². The number of ether oxygens (including phenoxy) is 2. The third kappa shape index (κ3) is 6.20. The van der Waals surface area contributed by atoms with Crippen LogP contribution < -0.4 is 5.32 Å². The summed E-state index contributed by atoms with van der Waals surface area (Å²) in [6.07, 6.45) is 0.923. The maximum Gasteiger partial charge on any atom is 0.243 e. The Morgan fingerprint density at radius 1 is 1.00 bits per heavy atom. The number of rotatable bonds is 8. The summed E-state index contributed by atoms with van der Waals surface area (Å²) in [5, 5.41) is 2.96. The normalized spacial score (nSPS) is 20.9. The molecule has 3 rings (SSSR count). The van der Waals surface area contributed by atoms with Crippen molar-refractivity contribution in [3.8, 4) is 0 Å². The van der Waals surface area contributed by atoms with Crippen LogP contribution in [0.2, 0.25) is 0 Å². The largest absolute Gasteiger partial charge is 0.376 e. The van der Waals surface area contributed by atoms with Gasteiger partial charge in [0.25, 0.3) is 0 Å². The minimum absolute atomic E-state index is 0.0294. The first-order valence-corrected chi connectivity index (χ1v) is 14.1. The summed E-state index contributed by atoms with van der Waals surface area (Å²) >= 11 is 0. The lowest BCUT2D eigenvalue weighted by Crippen LogP contribution is -2.46. The predicted molar refractivity (Wildman–Crippen MR) is 134 cm³/mol. The summed E-state index contributed by atoms with van der Waals surface area (Å²) < 4.78 is 40.4. The first-order chi connectivity index (χ1) is 16.0. The second-order valence-electron chi connectivity index (χ2n) is 10.5. The molecule has 0 saturated carbocycles. The van der Waals surface area contributed by atoms with Crippen LogP contribution in [-0.4, -0.2) is 64.2 Å². The Morgan fingerprint density at radius 2 is 1.59 bits per heavy atom. The van der Waals surface area contributed by atoms with Crippen LogP contribution in [0.25, 0.3) is 0 Å². The van der Waals surface area contributed by atoms with E-state index in [2.05, 4.69) is 59.0 Å². The van der Waals surface area contributed by atoms with Crippen molar-refractivity contribution in [3.05, 3.63) is 28.8 Å². The predicted octanol–water partition coefficient (Wildman–Crippen LogP) is 3.99. The summed E-state index contributed by atoms with van der Waals surface area (Å²) in [6.45, 7) is 15.3. The third-order valence-electron chi connectivity index (χ3n) is 6.89. The molecule has 2 saturated heterocycles. The number of nitrogens with one attached hydrogen (secondary N) is 1. The number of piperidine rings is 1. The number of nitrogens with zero attached hydrogens (tertiary/aromatic N) is 1. The maximum atomic E-state index is 13.9. The second-order valence-corrected chi connectivity index (χ2v) is 12.4. The van der Waals surface area contributed by atoms with Crippen molar-refractivity contribution in [1.29, 1.82) is 0 Å². The quantitative estimate of drug-likeness (QED) is 0.591. The van der Waals surface area contributed by atoms with E-state index in [0.717, 1.165) is 11.1 Å². The van der Waals surface area contributed by atoms with Gasteiger partial charge < -0.3 is 14.8 Å². The van der Waals surface area contributed by atoms with E-state index in [4.69, 9.17) is 9.47 Å². The van der Waals surface area contributed by atoms with Gasteiger partial charge in [-0.2, -0.15) is 4.31 Å². The van der Waals surface area contributed by atoms with Crippen LogP contribution in [0.5, 0.6) is 0 Å². The van der Waals surface area contributed by atoms with Gasteiger partial charge in [0.05, 0.1) is 30.8 Å². The molecule has 8 heteroatoms. The number of carbonyl (C=O) groups excluding carboxylic acids is 1. The molecule has 0 spiro atoms. The molecule has 2 heterocycles. The topological polar surface area (TPSA) is 84.9 Å². The zero-order valence-corrected chi connectivity index (χ0v) is 22.4. The summed E-state index contributed by atoms with van der Waals surface area (Å²) in [7, 11) is -3.67. The molecule has 0 bridgehead atoms. The van der Waals surface area contributed by atoms with Crippen LogP contribution >= 0.6 is 0 Å². The van der Waals surface area contributed by atoms with Gasteiger partial charge in [-0.1, -0.05) is 53.7 Å². The van der Waals surface area contributed by atoms with Crippen molar-refractivity contribution < 1.29 is 22.7 Å². The van der Waals surface area contributed by atoms with E-state index >= 15 is 0 Å². The molecule has 34 heavy (non-hydrogen) atoms. The zero-order chi connectivity index (χ0) is 25.0. The van der Waals surface area contributed by atoms with E-state index in [1.807, 2.05) is 0 Å². The molecule has 1 unspecified atom stereocenters. The zero-order valence-electron chi connectivity index (χ0n) is 21.6. The van der Waals surface area contributed by atoms with E-state index in [1.165, 1.54) is 5.56 Å². The number of carbonyl (C=O) groups is 1. The molecule has 1 amide bonds. The molecular formula is C26H42N2O5S. The van der Waals surface area contributed by atoms with Crippen molar-refractivity contribution in [2.75, 3.05) is 39.5 Å². The highest BCUT2D eigenvalue weighted by Gasteiger charge is 2.36. The highest BCUT2D eigenvalue weighted by Crippen LogP contribution is 2.37. The van der Waals surface area contributed by atoms with Gasteiger partial charge in [-0.3, -0.25) is 4.79 Å². The fourth-order valence-electron chi connectivity index (χ4n) is 4.69. The average molecular weight is 495 g/mol. The first kappa shape index (κ1) is 27.1. The Kier molecular flexibility index (Phi) is 9.17. The van der Waals surface area contributed by atoms with E-state index in [1.54, 1.807) is 4.31 Å². The van der Waals surface area contributed by atoms with Crippen molar-refractivity contribution in [1.82, 2.24) is 9.62 Å². The molecule has 0 aliphatic carbocycles. The van der Waals surface area contributed by atoms with Crippen LogP contribution in [0.1, 0.15) is 88.8 Å². The minimum atomic E-state index is -3.67. The molecule has 7 nitrogen and oxygen atoms in total. The SMILES string of the molecule is CC(C)c1cc(C(C)C)c(S(=O)(=O)N2CCC(C(=O)NCC3COCCO3)CC2)c(C(C)C)c1. The van der Waals surface area contributed by atoms with Crippen molar-refractivity contribution in [2.45, 2.75) is 83.1 Å². The lowest BCUT2D eigenvalue weighted by Gasteiger charge is -2.33.